The summed E-state index contributed by atoms with van der Waals surface area (Å²) in [5.74, 6) is -0.357. The van der Waals surface area contributed by atoms with Crippen LogP contribution in [0.15, 0.2) is 22.7 Å². The molecule has 0 heterocycles. The van der Waals surface area contributed by atoms with E-state index in [1.54, 1.807) is 6.07 Å². The number of aliphatic hydroxyl groups is 1. The number of urea groups is 1. The molecule has 0 saturated heterocycles. The molecule has 106 valence electrons. The van der Waals surface area contributed by atoms with Crippen LogP contribution >= 0.6 is 15.9 Å². The molecular weight excluding hydrogens is 315 g/mol. The Balaban J connectivity index is 2.33. The molecular formula is C13H18BrFN2O2. The molecule has 0 radical (unpaired) electrons. The normalized spacial score (nSPS) is 12.0. The molecule has 0 aliphatic carbocycles. The molecule has 1 aromatic carbocycles. The van der Waals surface area contributed by atoms with Crippen molar-refractivity contribution in [3.05, 3.63) is 34.1 Å². The molecule has 1 rings (SSSR count). The van der Waals surface area contributed by atoms with E-state index in [0.29, 0.717) is 16.5 Å². The van der Waals surface area contributed by atoms with E-state index in [9.17, 15) is 14.3 Å². The lowest BCUT2D eigenvalue weighted by atomic mass is 10.2. The summed E-state index contributed by atoms with van der Waals surface area (Å²) in [6.45, 7) is 2.41. The van der Waals surface area contributed by atoms with Gasteiger partial charge in [-0.2, -0.15) is 0 Å². The van der Waals surface area contributed by atoms with E-state index in [1.807, 2.05) is 6.92 Å². The van der Waals surface area contributed by atoms with Crippen LogP contribution in [0.1, 0.15) is 25.3 Å². The maximum absolute atomic E-state index is 13.1. The van der Waals surface area contributed by atoms with Crippen LogP contribution in [0.25, 0.3) is 0 Å². The molecule has 3 N–H and O–H groups in total. The highest BCUT2D eigenvalue weighted by Gasteiger charge is 2.06. The number of amides is 2. The van der Waals surface area contributed by atoms with Gasteiger partial charge < -0.3 is 15.7 Å². The molecule has 0 bridgehead atoms. The topological polar surface area (TPSA) is 61.4 Å². The molecule has 1 aromatic rings. The second-order valence-corrected chi connectivity index (χ2v) is 5.20. The van der Waals surface area contributed by atoms with Crippen molar-refractivity contribution in [3.63, 3.8) is 0 Å². The van der Waals surface area contributed by atoms with Gasteiger partial charge in [-0.3, -0.25) is 0 Å². The predicted molar refractivity (Wildman–Crippen MR) is 75.3 cm³/mol. The third kappa shape index (κ3) is 6.54. The third-order valence-corrected chi connectivity index (χ3v) is 2.95. The van der Waals surface area contributed by atoms with E-state index in [1.165, 1.54) is 12.1 Å². The van der Waals surface area contributed by atoms with Gasteiger partial charge in [0.15, 0.2) is 0 Å². The first-order valence-electron chi connectivity index (χ1n) is 6.16. The largest absolute Gasteiger partial charge is 0.391 e. The summed E-state index contributed by atoms with van der Waals surface area (Å²) in [5.41, 5.74) is 0.663. The fourth-order valence-corrected chi connectivity index (χ4v) is 2.12. The van der Waals surface area contributed by atoms with Crippen molar-refractivity contribution in [3.8, 4) is 0 Å². The SMILES string of the molecule is CCCC(O)CNC(=O)NCc1cc(F)cc(Br)c1. The Morgan fingerprint density at radius 1 is 1.42 bits per heavy atom. The van der Waals surface area contributed by atoms with Crippen LogP contribution in [0.4, 0.5) is 9.18 Å². The second-order valence-electron chi connectivity index (χ2n) is 4.28. The zero-order valence-electron chi connectivity index (χ0n) is 10.7. The van der Waals surface area contributed by atoms with Crippen molar-refractivity contribution in [1.82, 2.24) is 10.6 Å². The number of carbonyl (C=O) groups excluding carboxylic acids is 1. The summed E-state index contributed by atoms with van der Waals surface area (Å²) < 4.78 is 13.7. The standard InChI is InChI=1S/C13H18BrFN2O2/c1-2-3-12(18)8-17-13(19)16-7-9-4-10(14)6-11(15)5-9/h4-6,12,18H,2-3,7-8H2,1H3,(H2,16,17,19). The molecule has 1 atom stereocenters. The molecule has 0 aliphatic heterocycles. The zero-order valence-corrected chi connectivity index (χ0v) is 12.3. The van der Waals surface area contributed by atoms with Gasteiger partial charge in [0, 0.05) is 17.6 Å². The molecule has 0 aliphatic rings. The lowest BCUT2D eigenvalue weighted by Gasteiger charge is -2.11. The summed E-state index contributed by atoms with van der Waals surface area (Å²) in [6, 6.07) is 4.06. The Morgan fingerprint density at radius 2 is 2.16 bits per heavy atom. The first-order chi connectivity index (χ1) is 9.01. The number of carbonyl (C=O) groups is 1. The highest BCUT2D eigenvalue weighted by atomic mass is 79.9. The fourth-order valence-electron chi connectivity index (χ4n) is 1.60. The van der Waals surface area contributed by atoms with Gasteiger partial charge in [0.05, 0.1) is 6.10 Å². The predicted octanol–water partition coefficient (Wildman–Crippen LogP) is 2.55. The average Bonchev–Trinajstić information content (AvgIpc) is 2.33. The monoisotopic (exact) mass is 332 g/mol. The maximum atomic E-state index is 13.1. The van der Waals surface area contributed by atoms with E-state index < -0.39 is 6.10 Å². The van der Waals surface area contributed by atoms with Crippen molar-refractivity contribution in [1.29, 1.82) is 0 Å². The lowest BCUT2D eigenvalue weighted by Crippen LogP contribution is -2.39. The summed E-state index contributed by atoms with van der Waals surface area (Å²) in [4.78, 5) is 11.5. The van der Waals surface area contributed by atoms with Crippen molar-refractivity contribution in [2.24, 2.45) is 0 Å². The zero-order chi connectivity index (χ0) is 14.3. The third-order valence-electron chi connectivity index (χ3n) is 2.50. The van der Waals surface area contributed by atoms with E-state index >= 15 is 0 Å². The number of nitrogens with one attached hydrogen (secondary N) is 2. The van der Waals surface area contributed by atoms with Gasteiger partial charge in [0.25, 0.3) is 0 Å². The van der Waals surface area contributed by atoms with E-state index in [4.69, 9.17) is 0 Å². The molecule has 0 saturated carbocycles. The number of halogens is 2. The second kappa shape index (κ2) is 8.12. The van der Waals surface area contributed by atoms with E-state index in [0.717, 1.165) is 6.42 Å². The van der Waals surface area contributed by atoms with Gasteiger partial charge in [-0.25, -0.2) is 9.18 Å². The van der Waals surface area contributed by atoms with Crippen LogP contribution in [0.3, 0.4) is 0 Å². The first-order valence-corrected chi connectivity index (χ1v) is 6.95. The minimum Gasteiger partial charge on any atom is -0.391 e. The van der Waals surface area contributed by atoms with Crippen LogP contribution in [0.2, 0.25) is 0 Å². The van der Waals surface area contributed by atoms with Gasteiger partial charge in [-0.1, -0.05) is 29.3 Å². The van der Waals surface area contributed by atoms with Crippen molar-refractivity contribution in [2.45, 2.75) is 32.4 Å². The highest BCUT2D eigenvalue weighted by molar-refractivity contribution is 9.10. The number of benzene rings is 1. The summed E-state index contributed by atoms with van der Waals surface area (Å²) in [5, 5.41) is 14.6. The molecule has 0 fully saturated rings. The Labute approximate surface area is 120 Å². The number of hydrogen-bond acceptors (Lipinski definition) is 2. The Morgan fingerprint density at radius 3 is 2.79 bits per heavy atom. The lowest BCUT2D eigenvalue weighted by molar-refractivity contribution is 0.160. The number of rotatable bonds is 6. The van der Waals surface area contributed by atoms with E-state index in [-0.39, 0.29) is 24.9 Å². The van der Waals surface area contributed by atoms with E-state index in [2.05, 4.69) is 26.6 Å². The molecule has 2 amide bonds. The summed E-state index contributed by atoms with van der Waals surface area (Å²) in [6.07, 6.45) is 0.984. The molecule has 6 heteroatoms. The minimum absolute atomic E-state index is 0.215. The minimum atomic E-state index is -0.529. The van der Waals surface area contributed by atoms with Crippen LogP contribution < -0.4 is 10.6 Å². The first kappa shape index (κ1) is 15.9. The smallest absolute Gasteiger partial charge is 0.315 e. The van der Waals surface area contributed by atoms with Gasteiger partial charge in [-0.05, 0) is 30.2 Å². The van der Waals surface area contributed by atoms with Crippen LogP contribution in [-0.4, -0.2) is 23.8 Å². The Kier molecular flexibility index (Phi) is 6.80. The van der Waals surface area contributed by atoms with Crippen molar-refractivity contribution < 1.29 is 14.3 Å². The van der Waals surface area contributed by atoms with Crippen molar-refractivity contribution >= 4 is 22.0 Å². The quantitative estimate of drug-likeness (QED) is 0.749. The van der Waals surface area contributed by atoms with Gasteiger partial charge >= 0.3 is 6.03 Å². The molecule has 0 spiro atoms. The number of hydrogen-bond donors (Lipinski definition) is 3. The summed E-state index contributed by atoms with van der Waals surface area (Å²) >= 11 is 3.19. The Bertz CT molecular complexity index is 409. The van der Waals surface area contributed by atoms with Crippen LogP contribution in [-0.2, 0) is 6.54 Å². The fraction of sp³-hybridized carbons (Fsp3) is 0.462. The molecule has 1 unspecified atom stereocenters. The van der Waals surface area contributed by atoms with Gasteiger partial charge in [0.1, 0.15) is 5.82 Å². The highest BCUT2D eigenvalue weighted by Crippen LogP contribution is 2.14. The van der Waals surface area contributed by atoms with Crippen LogP contribution in [0, 0.1) is 5.82 Å². The maximum Gasteiger partial charge on any atom is 0.315 e. The number of aliphatic hydroxyl groups excluding tert-OH is 1. The van der Waals surface area contributed by atoms with Crippen molar-refractivity contribution in [2.75, 3.05) is 6.54 Å². The van der Waals surface area contributed by atoms with Gasteiger partial charge in [0.2, 0.25) is 0 Å². The summed E-state index contributed by atoms with van der Waals surface area (Å²) in [7, 11) is 0. The molecule has 0 aromatic heterocycles. The molecule has 19 heavy (non-hydrogen) atoms. The van der Waals surface area contributed by atoms with Gasteiger partial charge in [-0.15, -0.1) is 0 Å². The average molecular weight is 333 g/mol. The Hall–Kier alpha value is -1.14. The molecule has 4 nitrogen and oxygen atoms in total. The van der Waals surface area contributed by atoms with Crippen LogP contribution in [0.5, 0.6) is 0 Å².